The van der Waals surface area contributed by atoms with Crippen molar-refractivity contribution in [3.05, 3.63) is 11.5 Å². The quantitative estimate of drug-likeness (QED) is 0.789. The summed E-state index contributed by atoms with van der Waals surface area (Å²) in [5.41, 5.74) is 0.310. The van der Waals surface area contributed by atoms with E-state index in [4.69, 9.17) is 9.26 Å². The summed E-state index contributed by atoms with van der Waals surface area (Å²) in [6.45, 7) is 3.89. The lowest BCUT2D eigenvalue weighted by molar-refractivity contribution is 0.161. The van der Waals surface area contributed by atoms with Crippen LogP contribution in [0.1, 0.15) is 17.9 Å². The molecule has 1 saturated heterocycles. The first-order valence-electron chi connectivity index (χ1n) is 6.09. The Morgan fingerprint density at radius 1 is 1.53 bits per heavy atom. The van der Waals surface area contributed by atoms with Crippen molar-refractivity contribution >= 4 is 10.0 Å². The van der Waals surface area contributed by atoms with Gasteiger partial charge in [-0.2, -0.15) is 0 Å². The van der Waals surface area contributed by atoms with Crippen LogP contribution in [0.15, 0.2) is 9.42 Å². The summed E-state index contributed by atoms with van der Waals surface area (Å²) in [6.07, 6.45) is 0.731. The van der Waals surface area contributed by atoms with Crippen LogP contribution in [0.4, 0.5) is 0 Å². The van der Waals surface area contributed by atoms with Crippen molar-refractivity contribution in [2.24, 2.45) is 5.92 Å². The molecular weight excluding hydrogens is 272 g/mol. The Hall–Kier alpha value is -0.960. The van der Waals surface area contributed by atoms with Gasteiger partial charge in [0.25, 0.3) is 0 Å². The summed E-state index contributed by atoms with van der Waals surface area (Å²) < 4.78 is 37.2. The third-order valence-corrected chi connectivity index (χ3v) is 5.01. The second-order valence-electron chi connectivity index (χ2n) is 4.69. The first-order valence-corrected chi connectivity index (χ1v) is 7.58. The van der Waals surface area contributed by atoms with Crippen molar-refractivity contribution < 1.29 is 22.8 Å². The molecule has 0 bridgehead atoms. The van der Waals surface area contributed by atoms with E-state index in [1.165, 1.54) is 0 Å². The van der Waals surface area contributed by atoms with Crippen LogP contribution in [-0.2, 0) is 14.8 Å². The van der Waals surface area contributed by atoms with E-state index >= 15 is 0 Å². The normalized spacial score (nSPS) is 21.7. The number of aliphatic hydroxyl groups excluding tert-OH is 1. The molecule has 2 rings (SSSR count). The first-order chi connectivity index (χ1) is 8.95. The van der Waals surface area contributed by atoms with Gasteiger partial charge < -0.3 is 14.4 Å². The van der Waals surface area contributed by atoms with Gasteiger partial charge in [0.1, 0.15) is 10.6 Å². The zero-order valence-electron chi connectivity index (χ0n) is 10.9. The number of sulfonamides is 1. The Morgan fingerprint density at radius 2 is 2.26 bits per heavy atom. The van der Waals surface area contributed by atoms with Gasteiger partial charge in [-0.15, -0.1) is 0 Å². The van der Waals surface area contributed by atoms with Crippen LogP contribution in [0, 0.1) is 19.8 Å². The Morgan fingerprint density at radius 3 is 2.74 bits per heavy atom. The van der Waals surface area contributed by atoms with E-state index in [0.29, 0.717) is 18.9 Å². The average Bonchev–Trinajstić information content (AvgIpc) is 2.96. The predicted octanol–water partition coefficient (Wildman–Crippen LogP) is -0.0329. The van der Waals surface area contributed by atoms with Crippen molar-refractivity contribution in [3.8, 4) is 0 Å². The zero-order valence-corrected chi connectivity index (χ0v) is 11.7. The van der Waals surface area contributed by atoms with Gasteiger partial charge >= 0.3 is 0 Å². The van der Waals surface area contributed by atoms with Gasteiger partial charge in [0.05, 0.1) is 19.3 Å². The van der Waals surface area contributed by atoms with Crippen LogP contribution in [0.3, 0.4) is 0 Å². The number of aliphatic hydroxyl groups is 1. The van der Waals surface area contributed by atoms with Gasteiger partial charge in [-0.1, -0.05) is 5.16 Å². The Bertz CT molecular complexity index is 514. The minimum absolute atomic E-state index is 0.0137. The summed E-state index contributed by atoms with van der Waals surface area (Å²) in [7, 11) is -3.75. The molecule has 0 radical (unpaired) electrons. The van der Waals surface area contributed by atoms with Gasteiger partial charge in [0, 0.05) is 12.5 Å². The molecule has 1 fully saturated rings. The maximum Gasteiger partial charge on any atom is 0.246 e. The molecule has 8 heteroatoms. The van der Waals surface area contributed by atoms with Crippen LogP contribution in [-0.4, -0.2) is 44.5 Å². The molecule has 2 unspecified atom stereocenters. The molecule has 0 saturated carbocycles. The summed E-state index contributed by atoms with van der Waals surface area (Å²) in [6, 6.07) is -0.554. The van der Waals surface area contributed by atoms with E-state index in [2.05, 4.69) is 9.88 Å². The maximum absolute atomic E-state index is 12.3. The molecule has 1 aliphatic heterocycles. The molecule has 108 valence electrons. The highest BCUT2D eigenvalue weighted by Crippen LogP contribution is 2.22. The summed E-state index contributed by atoms with van der Waals surface area (Å²) in [5, 5.41) is 13.0. The molecule has 2 atom stereocenters. The number of nitrogens with zero attached hydrogens (tertiary/aromatic N) is 1. The number of hydrogen-bond acceptors (Lipinski definition) is 6. The molecule has 0 amide bonds. The first kappa shape index (κ1) is 14.4. The average molecular weight is 290 g/mol. The minimum Gasteiger partial charge on any atom is -0.395 e. The van der Waals surface area contributed by atoms with Crippen molar-refractivity contribution in [2.75, 3.05) is 19.8 Å². The third-order valence-electron chi connectivity index (χ3n) is 3.27. The second-order valence-corrected chi connectivity index (χ2v) is 6.34. The molecule has 1 aliphatic rings. The molecular formula is C11H18N2O5S. The highest BCUT2D eigenvalue weighted by atomic mass is 32.2. The number of ether oxygens (including phenoxy) is 1. The molecule has 1 aromatic rings. The smallest absolute Gasteiger partial charge is 0.246 e. The fourth-order valence-electron chi connectivity index (χ4n) is 2.27. The molecule has 0 aromatic carbocycles. The van der Waals surface area contributed by atoms with Crippen LogP contribution < -0.4 is 4.72 Å². The van der Waals surface area contributed by atoms with E-state index in [-0.39, 0.29) is 23.2 Å². The van der Waals surface area contributed by atoms with Crippen LogP contribution >= 0.6 is 0 Å². The highest BCUT2D eigenvalue weighted by molar-refractivity contribution is 7.89. The molecule has 7 nitrogen and oxygen atoms in total. The molecule has 19 heavy (non-hydrogen) atoms. The third kappa shape index (κ3) is 2.97. The maximum atomic E-state index is 12.3. The van der Waals surface area contributed by atoms with Gasteiger partial charge in [0.2, 0.25) is 10.0 Å². The topological polar surface area (TPSA) is 102 Å². The molecule has 0 spiro atoms. The zero-order chi connectivity index (χ0) is 14.0. The lowest BCUT2D eigenvalue weighted by atomic mass is 10.0. The fraction of sp³-hybridized carbons (Fsp3) is 0.727. The molecule has 0 aliphatic carbocycles. The minimum atomic E-state index is -3.75. The summed E-state index contributed by atoms with van der Waals surface area (Å²) in [5.74, 6) is 0.226. The lowest BCUT2D eigenvalue weighted by Gasteiger charge is -2.21. The number of hydrogen-bond donors (Lipinski definition) is 2. The van der Waals surface area contributed by atoms with Crippen molar-refractivity contribution in [1.29, 1.82) is 0 Å². The lowest BCUT2D eigenvalue weighted by Crippen LogP contribution is -2.43. The van der Waals surface area contributed by atoms with Gasteiger partial charge in [-0.25, -0.2) is 13.1 Å². The second kappa shape index (κ2) is 5.58. The van der Waals surface area contributed by atoms with E-state index in [1.807, 2.05) is 0 Å². The Balaban J connectivity index is 2.20. The van der Waals surface area contributed by atoms with Crippen LogP contribution in [0.2, 0.25) is 0 Å². The largest absolute Gasteiger partial charge is 0.395 e. The number of aromatic nitrogens is 1. The predicted molar refractivity (Wildman–Crippen MR) is 66.1 cm³/mol. The molecule has 2 heterocycles. The van der Waals surface area contributed by atoms with E-state index in [1.54, 1.807) is 13.8 Å². The van der Waals surface area contributed by atoms with Gasteiger partial charge in [-0.05, 0) is 20.3 Å². The Labute approximate surface area is 112 Å². The summed E-state index contributed by atoms with van der Waals surface area (Å²) >= 11 is 0. The summed E-state index contributed by atoms with van der Waals surface area (Å²) in [4.78, 5) is 0.0462. The van der Waals surface area contributed by atoms with Crippen molar-refractivity contribution in [3.63, 3.8) is 0 Å². The SMILES string of the molecule is Cc1noc(C)c1S(=O)(=O)NC(CO)C1CCOC1. The molecule has 1 aromatic heterocycles. The standard InChI is InChI=1S/C11H18N2O5S/c1-7-11(8(2)18-12-7)19(15,16)13-10(5-14)9-3-4-17-6-9/h9-10,13-14H,3-6H2,1-2H3. The van der Waals surface area contributed by atoms with Gasteiger partial charge in [-0.3, -0.25) is 0 Å². The monoisotopic (exact) mass is 290 g/mol. The van der Waals surface area contributed by atoms with Crippen molar-refractivity contribution in [2.45, 2.75) is 31.2 Å². The van der Waals surface area contributed by atoms with Crippen molar-refractivity contribution in [1.82, 2.24) is 9.88 Å². The highest BCUT2D eigenvalue weighted by Gasteiger charge is 2.32. The van der Waals surface area contributed by atoms with Crippen LogP contribution in [0.5, 0.6) is 0 Å². The van der Waals surface area contributed by atoms with E-state index in [0.717, 1.165) is 6.42 Å². The van der Waals surface area contributed by atoms with E-state index in [9.17, 15) is 13.5 Å². The number of aryl methyl sites for hydroxylation is 2. The number of nitrogens with one attached hydrogen (secondary N) is 1. The number of rotatable bonds is 5. The van der Waals surface area contributed by atoms with E-state index < -0.39 is 16.1 Å². The molecule has 2 N–H and O–H groups in total. The van der Waals surface area contributed by atoms with Crippen LogP contribution in [0.25, 0.3) is 0 Å². The fourth-order valence-corrected chi connectivity index (χ4v) is 3.89. The Kier molecular flexibility index (Phi) is 4.24. The van der Waals surface area contributed by atoms with Gasteiger partial charge in [0.15, 0.2) is 5.76 Å².